The van der Waals surface area contributed by atoms with Gasteiger partial charge in [-0.25, -0.2) is 9.97 Å². The SMILES string of the molecule is CC(Oc1nc(-c2cnn(C3COC3)c2)cc2ncn(C)c12)C1CNC(=O)C1. The number of ether oxygens (including phenoxy) is 2. The van der Waals surface area contributed by atoms with E-state index in [4.69, 9.17) is 14.5 Å². The zero-order valence-corrected chi connectivity index (χ0v) is 15.8. The van der Waals surface area contributed by atoms with E-state index in [0.717, 1.165) is 22.3 Å². The van der Waals surface area contributed by atoms with Gasteiger partial charge in [0.05, 0.1) is 43.0 Å². The van der Waals surface area contributed by atoms with Gasteiger partial charge in [-0.05, 0) is 13.0 Å². The van der Waals surface area contributed by atoms with E-state index in [1.54, 1.807) is 6.33 Å². The number of amides is 1. The van der Waals surface area contributed by atoms with E-state index in [1.165, 1.54) is 0 Å². The third kappa shape index (κ3) is 2.91. The van der Waals surface area contributed by atoms with E-state index in [1.807, 2.05) is 41.7 Å². The van der Waals surface area contributed by atoms with Crippen molar-refractivity contribution in [2.75, 3.05) is 19.8 Å². The molecular formula is C19H22N6O3. The molecule has 0 radical (unpaired) electrons. The van der Waals surface area contributed by atoms with Gasteiger partial charge in [0.25, 0.3) is 0 Å². The van der Waals surface area contributed by atoms with Crippen molar-refractivity contribution >= 4 is 16.9 Å². The largest absolute Gasteiger partial charge is 0.473 e. The fourth-order valence-electron chi connectivity index (χ4n) is 3.65. The second kappa shape index (κ2) is 6.59. The molecule has 0 spiro atoms. The number of hydrogen-bond acceptors (Lipinski definition) is 6. The fraction of sp³-hybridized carbons (Fsp3) is 0.474. The van der Waals surface area contributed by atoms with Crippen molar-refractivity contribution < 1.29 is 14.3 Å². The Hall–Kier alpha value is -2.94. The highest BCUT2D eigenvalue weighted by Crippen LogP contribution is 2.31. The molecule has 3 aromatic rings. The van der Waals surface area contributed by atoms with E-state index in [2.05, 4.69) is 15.4 Å². The third-order valence-corrected chi connectivity index (χ3v) is 5.53. The summed E-state index contributed by atoms with van der Waals surface area (Å²) in [5.41, 5.74) is 3.33. The van der Waals surface area contributed by atoms with Crippen LogP contribution in [0.2, 0.25) is 0 Å². The number of carbonyl (C=O) groups is 1. The van der Waals surface area contributed by atoms with Crippen LogP contribution in [0, 0.1) is 5.92 Å². The van der Waals surface area contributed by atoms with Crippen molar-refractivity contribution in [1.82, 2.24) is 29.6 Å². The monoisotopic (exact) mass is 382 g/mol. The summed E-state index contributed by atoms with van der Waals surface area (Å²) in [6.45, 7) is 3.99. The van der Waals surface area contributed by atoms with E-state index >= 15 is 0 Å². The van der Waals surface area contributed by atoms with Gasteiger partial charge in [0.15, 0.2) is 0 Å². The van der Waals surface area contributed by atoms with E-state index < -0.39 is 0 Å². The van der Waals surface area contributed by atoms with Gasteiger partial charge in [-0.2, -0.15) is 5.10 Å². The smallest absolute Gasteiger partial charge is 0.241 e. The number of carbonyl (C=O) groups excluding carboxylic acids is 1. The number of aryl methyl sites for hydroxylation is 1. The summed E-state index contributed by atoms with van der Waals surface area (Å²) in [6, 6.07) is 2.24. The summed E-state index contributed by atoms with van der Waals surface area (Å²) < 4.78 is 15.3. The molecule has 28 heavy (non-hydrogen) atoms. The Balaban J connectivity index is 1.49. The average molecular weight is 382 g/mol. The number of hydrogen-bond donors (Lipinski definition) is 1. The Morgan fingerprint density at radius 3 is 2.96 bits per heavy atom. The lowest BCUT2D eigenvalue weighted by atomic mass is 10.0. The molecule has 0 aliphatic carbocycles. The van der Waals surface area contributed by atoms with Gasteiger partial charge >= 0.3 is 0 Å². The quantitative estimate of drug-likeness (QED) is 0.715. The van der Waals surface area contributed by atoms with Crippen LogP contribution in [0.15, 0.2) is 24.8 Å². The van der Waals surface area contributed by atoms with Crippen molar-refractivity contribution in [3.05, 3.63) is 24.8 Å². The third-order valence-electron chi connectivity index (χ3n) is 5.53. The normalized spacial score (nSPS) is 20.9. The van der Waals surface area contributed by atoms with Crippen LogP contribution in [0.25, 0.3) is 22.3 Å². The predicted octanol–water partition coefficient (Wildman–Crippen LogP) is 1.31. The second-order valence-corrected chi connectivity index (χ2v) is 7.53. The summed E-state index contributed by atoms with van der Waals surface area (Å²) >= 11 is 0. The minimum Gasteiger partial charge on any atom is -0.473 e. The first kappa shape index (κ1) is 17.2. The van der Waals surface area contributed by atoms with Gasteiger partial charge < -0.3 is 19.4 Å². The van der Waals surface area contributed by atoms with Gasteiger partial charge in [-0.15, -0.1) is 0 Å². The molecule has 2 atom stereocenters. The highest BCUT2D eigenvalue weighted by Gasteiger charge is 2.29. The summed E-state index contributed by atoms with van der Waals surface area (Å²) in [5.74, 6) is 0.724. The number of nitrogens with one attached hydrogen (secondary N) is 1. The van der Waals surface area contributed by atoms with E-state index in [9.17, 15) is 4.79 Å². The standard InChI is InChI=1S/C19H22N6O3/c1-11(12-3-17(26)20-5-12)28-19-18-16(21-10-24(18)2)4-15(23-19)13-6-22-25(7-13)14-8-27-9-14/h4,6-7,10-12,14H,3,5,8-9H2,1-2H3,(H,20,26). The van der Waals surface area contributed by atoms with Crippen LogP contribution in [0.3, 0.4) is 0 Å². The molecule has 1 N–H and O–H groups in total. The van der Waals surface area contributed by atoms with Crippen LogP contribution in [-0.2, 0) is 16.6 Å². The molecular weight excluding hydrogens is 360 g/mol. The fourth-order valence-corrected chi connectivity index (χ4v) is 3.65. The number of imidazole rings is 1. The highest BCUT2D eigenvalue weighted by molar-refractivity contribution is 5.84. The van der Waals surface area contributed by atoms with Crippen molar-refractivity contribution in [1.29, 1.82) is 0 Å². The van der Waals surface area contributed by atoms with Crippen molar-refractivity contribution in [2.24, 2.45) is 13.0 Å². The molecule has 2 unspecified atom stereocenters. The average Bonchev–Trinajstić information content (AvgIpc) is 3.34. The molecule has 0 bridgehead atoms. The van der Waals surface area contributed by atoms with Crippen LogP contribution >= 0.6 is 0 Å². The lowest BCUT2D eigenvalue weighted by Gasteiger charge is -2.25. The lowest BCUT2D eigenvalue weighted by molar-refractivity contribution is -0.119. The number of aromatic nitrogens is 5. The van der Waals surface area contributed by atoms with Gasteiger partial charge in [0, 0.05) is 37.7 Å². The zero-order valence-electron chi connectivity index (χ0n) is 15.8. The molecule has 5 heterocycles. The van der Waals surface area contributed by atoms with Gasteiger partial charge in [0.1, 0.15) is 11.6 Å². The molecule has 0 aromatic carbocycles. The molecule has 0 saturated carbocycles. The van der Waals surface area contributed by atoms with Gasteiger partial charge in [-0.3, -0.25) is 9.48 Å². The Morgan fingerprint density at radius 2 is 2.25 bits per heavy atom. The Morgan fingerprint density at radius 1 is 1.39 bits per heavy atom. The Bertz CT molecular complexity index is 1040. The summed E-state index contributed by atoms with van der Waals surface area (Å²) in [5, 5.41) is 7.31. The van der Waals surface area contributed by atoms with Gasteiger partial charge in [-0.1, -0.05) is 0 Å². The molecule has 1 amide bonds. The summed E-state index contributed by atoms with van der Waals surface area (Å²) in [6.07, 6.45) is 5.88. The van der Waals surface area contributed by atoms with Crippen LogP contribution in [0.1, 0.15) is 19.4 Å². The van der Waals surface area contributed by atoms with E-state index in [-0.39, 0.29) is 24.0 Å². The minimum absolute atomic E-state index is 0.0697. The molecule has 9 heteroatoms. The van der Waals surface area contributed by atoms with Crippen molar-refractivity contribution in [3.63, 3.8) is 0 Å². The van der Waals surface area contributed by atoms with Crippen LogP contribution in [-0.4, -0.2) is 56.1 Å². The first-order chi connectivity index (χ1) is 13.6. The number of nitrogens with zero attached hydrogens (tertiary/aromatic N) is 5. The number of fused-ring (bicyclic) bond motifs is 1. The lowest BCUT2D eigenvalue weighted by Crippen LogP contribution is -2.30. The molecule has 2 aliphatic rings. The molecule has 9 nitrogen and oxygen atoms in total. The number of rotatable bonds is 5. The Kier molecular flexibility index (Phi) is 4.04. The molecule has 146 valence electrons. The Labute approximate surface area is 161 Å². The zero-order chi connectivity index (χ0) is 19.3. The molecule has 2 saturated heterocycles. The maximum absolute atomic E-state index is 11.5. The molecule has 2 fully saturated rings. The first-order valence-corrected chi connectivity index (χ1v) is 9.46. The minimum atomic E-state index is -0.144. The van der Waals surface area contributed by atoms with Gasteiger partial charge in [0.2, 0.25) is 11.8 Å². The predicted molar refractivity (Wildman–Crippen MR) is 101 cm³/mol. The number of pyridine rings is 1. The maximum Gasteiger partial charge on any atom is 0.241 e. The molecule has 3 aromatic heterocycles. The second-order valence-electron chi connectivity index (χ2n) is 7.53. The van der Waals surface area contributed by atoms with Crippen LogP contribution < -0.4 is 10.1 Å². The summed E-state index contributed by atoms with van der Waals surface area (Å²) in [7, 11) is 1.92. The van der Waals surface area contributed by atoms with Crippen molar-refractivity contribution in [3.8, 4) is 17.1 Å². The maximum atomic E-state index is 11.5. The topological polar surface area (TPSA) is 96.1 Å². The molecule has 5 rings (SSSR count). The van der Waals surface area contributed by atoms with Crippen LogP contribution in [0.4, 0.5) is 0 Å². The molecule has 2 aliphatic heterocycles. The first-order valence-electron chi connectivity index (χ1n) is 9.46. The van der Waals surface area contributed by atoms with E-state index in [0.29, 0.717) is 32.1 Å². The van der Waals surface area contributed by atoms with Crippen molar-refractivity contribution in [2.45, 2.75) is 25.5 Å². The van der Waals surface area contributed by atoms with Crippen LogP contribution in [0.5, 0.6) is 5.88 Å². The summed E-state index contributed by atoms with van der Waals surface area (Å²) in [4.78, 5) is 20.8. The highest BCUT2D eigenvalue weighted by atomic mass is 16.5.